The van der Waals surface area contributed by atoms with Crippen LogP contribution in [0.15, 0.2) is 30.5 Å². The average Bonchev–Trinajstić information content (AvgIpc) is 2.86. The maximum absolute atomic E-state index is 12.2. The van der Waals surface area contributed by atoms with Gasteiger partial charge in [-0.05, 0) is 24.6 Å². The third-order valence-corrected chi connectivity index (χ3v) is 2.88. The summed E-state index contributed by atoms with van der Waals surface area (Å²) in [4.78, 5) is 13.7. The number of H-pyrrole nitrogens is 1. The minimum Gasteiger partial charge on any atom is -0.494 e. The molecule has 0 spiro atoms. The number of rotatable bonds is 5. The Balaban J connectivity index is 2.02. The van der Waals surface area contributed by atoms with Gasteiger partial charge in [-0.15, -0.1) is 0 Å². The van der Waals surface area contributed by atoms with Crippen LogP contribution in [0.4, 0.5) is 5.69 Å². The van der Waals surface area contributed by atoms with E-state index in [2.05, 4.69) is 10.2 Å². The van der Waals surface area contributed by atoms with E-state index in [1.165, 1.54) is 6.20 Å². The van der Waals surface area contributed by atoms with Gasteiger partial charge in [0.1, 0.15) is 11.4 Å². The summed E-state index contributed by atoms with van der Waals surface area (Å²) in [6, 6.07) is 7.65. The topological polar surface area (TPSA) is 84.2 Å². The number of hydrogen-bond donors (Lipinski definition) is 2. The van der Waals surface area contributed by atoms with Gasteiger partial charge in [-0.25, -0.2) is 0 Å². The SMILES string of the molecule is CCOc1ccc(CN(C)C(=O)c2[nH]ncc2N)cc1. The van der Waals surface area contributed by atoms with Crippen molar-refractivity contribution in [3.05, 3.63) is 41.7 Å². The van der Waals surface area contributed by atoms with Crippen molar-refractivity contribution in [3.8, 4) is 5.75 Å². The summed E-state index contributed by atoms with van der Waals surface area (Å²) in [7, 11) is 1.72. The number of nitrogen functional groups attached to an aromatic ring is 1. The molecule has 0 bridgehead atoms. The molecule has 0 aliphatic rings. The van der Waals surface area contributed by atoms with Gasteiger partial charge in [-0.1, -0.05) is 12.1 Å². The zero-order valence-corrected chi connectivity index (χ0v) is 11.6. The number of amides is 1. The molecule has 0 aliphatic carbocycles. The van der Waals surface area contributed by atoms with Gasteiger partial charge < -0.3 is 15.4 Å². The molecule has 106 valence electrons. The largest absolute Gasteiger partial charge is 0.494 e. The molecular formula is C14H18N4O2. The van der Waals surface area contributed by atoms with Crippen LogP contribution in [0.25, 0.3) is 0 Å². The summed E-state index contributed by atoms with van der Waals surface area (Å²) in [6.45, 7) is 3.07. The van der Waals surface area contributed by atoms with Gasteiger partial charge in [0, 0.05) is 13.6 Å². The Morgan fingerprint density at radius 2 is 2.10 bits per heavy atom. The molecule has 2 rings (SSSR count). The summed E-state index contributed by atoms with van der Waals surface area (Å²) >= 11 is 0. The van der Waals surface area contributed by atoms with Gasteiger partial charge in [-0.3, -0.25) is 9.89 Å². The van der Waals surface area contributed by atoms with Crippen LogP contribution in [-0.2, 0) is 6.54 Å². The number of aromatic nitrogens is 2. The highest BCUT2D eigenvalue weighted by molar-refractivity contribution is 5.96. The predicted octanol–water partition coefficient (Wildman–Crippen LogP) is 1.66. The van der Waals surface area contributed by atoms with E-state index in [0.29, 0.717) is 24.5 Å². The Hall–Kier alpha value is -2.50. The Kier molecular flexibility index (Phi) is 4.24. The lowest BCUT2D eigenvalue weighted by atomic mass is 10.2. The lowest BCUT2D eigenvalue weighted by Gasteiger charge is -2.17. The molecule has 0 radical (unpaired) electrons. The number of nitrogens with two attached hydrogens (primary N) is 1. The van der Waals surface area contributed by atoms with Gasteiger partial charge >= 0.3 is 0 Å². The maximum atomic E-state index is 12.2. The van der Waals surface area contributed by atoms with Crippen molar-refractivity contribution >= 4 is 11.6 Å². The number of anilines is 1. The third-order valence-electron chi connectivity index (χ3n) is 2.88. The summed E-state index contributed by atoms with van der Waals surface area (Å²) in [6.07, 6.45) is 1.43. The van der Waals surface area contributed by atoms with Crippen LogP contribution in [0.1, 0.15) is 23.0 Å². The van der Waals surface area contributed by atoms with Crippen LogP contribution in [0.3, 0.4) is 0 Å². The second-order valence-electron chi connectivity index (χ2n) is 4.44. The molecular weight excluding hydrogens is 256 g/mol. The highest BCUT2D eigenvalue weighted by atomic mass is 16.5. The number of aromatic amines is 1. The highest BCUT2D eigenvalue weighted by Gasteiger charge is 2.16. The second kappa shape index (κ2) is 6.10. The van der Waals surface area contributed by atoms with Gasteiger partial charge in [0.05, 0.1) is 18.5 Å². The summed E-state index contributed by atoms with van der Waals surface area (Å²) in [5.74, 6) is 0.636. The van der Waals surface area contributed by atoms with Crippen molar-refractivity contribution in [1.82, 2.24) is 15.1 Å². The first kappa shape index (κ1) is 13.9. The normalized spacial score (nSPS) is 10.3. The zero-order valence-electron chi connectivity index (χ0n) is 11.6. The van der Waals surface area contributed by atoms with E-state index in [0.717, 1.165) is 11.3 Å². The second-order valence-corrected chi connectivity index (χ2v) is 4.44. The number of hydrogen-bond acceptors (Lipinski definition) is 4. The van der Waals surface area contributed by atoms with Crippen LogP contribution in [0.2, 0.25) is 0 Å². The number of carbonyl (C=O) groups excluding carboxylic acids is 1. The van der Waals surface area contributed by atoms with E-state index in [1.807, 2.05) is 31.2 Å². The monoisotopic (exact) mass is 274 g/mol. The molecule has 0 atom stereocenters. The fourth-order valence-electron chi connectivity index (χ4n) is 1.86. The molecule has 6 heteroatoms. The molecule has 20 heavy (non-hydrogen) atoms. The highest BCUT2D eigenvalue weighted by Crippen LogP contribution is 2.15. The Morgan fingerprint density at radius 1 is 1.40 bits per heavy atom. The Bertz CT molecular complexity index is 577. The van der Waals surface area contributed by atoms with E-state index < -0.39 is 0 Å². The molecule has 1 aromatic heterocycles. The average molecular weight is 274 g/mol. The van der Waals surface area contributed by atoms with E-state index in [9.17, 15) is 4.79 Å². The van der Waals surface area contributed by atoms with Gasteiger partial charge in [0.15, 0.2) is 0 Å². The van der Waals surface area contributed by atoms with Crippen LogP contribution in [0.5, 0.6) is 5.75 Å². The number of nitrogens with zero attached hydrogens (tertiary/aromatic N) is 2. The van der Waals surface area contributed by atoms with E-state index >= 15 is 0 Å². The number of carbonyl (C=O) groups is 1. The fourth-order valence-corrected chi connectivity index (χ4v) is 1.86. The molecule has 1 amide bonds. The van der Waals surface area contributed by atoms with Crippen molar-refractivity contribution in [3.63, 3.8) is 0 Å². The lowest BCUT2D eigenvalue weighted by Crippen LogP contribution is -2.27. The van der Waals surface area contributed by atoms with Gasteiger partial charge in [0.2, 0.25) is 0 Å². The van der Waals surface area contributed by atoms with E-state index in [-0.39, 0.29) is 5.91 Å². The Morgan fingerprint density at radius 3 is 2.65 bits per heavy atom. The van der Waals surface area contributed by atoms with Crippen LogP contribution >= 0.6 is 0 Å². The van der Waals surface area contributed by atoms with Crippen molar-refractivity contribution in [2.45, 2.75) is 13.5 Å². The molecule has 1 heterocycles. The third kappa shape index (κ3) is 3.09. The minimum atomic E-state index is -0.186. The first-order valence-corrected chi connectivity index (χ1v) is 6.38. The smallest absolute Gasteiger partial charge is 0.274 e. The first-order chi connectivity index (χ1) is 9.61. The quantitative estimate of drug-likeness (QED) is 0.868. The van der Waals surface area contributed by atoms with Crippen molar-refractivity contribution < 1.29 is 9.53 Å². The molecule has 6 nitrogen and oxygen atoms in total. The molecule has 0 saturated carbocycles. The lowest BCUT2D eigenvalue weighted by molar-refractivity contribution is 0.0780. The molecule has 2 aromatic rings. The van der Waals surface area contributed by atoms with Gasteiger partial charge in [-0.2, -0.15) is 5.10 Å². The molecule has 3 N–H and O–H groups in total. The summed E-state index contributed by atoms with van der Waals surface area (Å²) < 4.78 is 5.38. The molecule has 0 unspecified atom stereocenters. The molecule has 1 aromatic carbocycles. The number of nitrogens with one attached hydrogen (secondary N) is 1. The Labute approximate surface area is 117 Å². The van der Waals surface area contributed by atoms with Crippen molar-refractivity contribution in [2.75, 3.05) is 19.4 Å². The molecule has 0 fully saturated rings. The summed E-state index contributed by atoms with van der Waals surface area (Å²) in [5, 5.41) is 6.36. The van der Waals surface area contributed by atoms with Crippen LogP contribution < -0.4 is 10.5 Å². The van der Waals surface area contributed by atoms with Gasteiger partial charge in [0.25, 0.3) is 5.91 Å². The number of benzene rings is 1. The minimum absolute atomic E-state index is 0.186. The standard InChI is InChI=1S/C14H18N4O2/c1-3-20-11-6-4-10(5-7-11)9-18(2)14(19)13-12(15)8-16-17-13/h4-8H,3,9,15H2,1-2H3,(H,16,17). The summed E-state index contributed by atoms with van der Waals surface area (Å²) in [5.41, 5.74) is 7.36. The van der Waals surface area contributed by atoms with Crippen molar-refractivity contribution in [2.24, 2.45) is 0 Å². The zero-order chi connectivity index (χ0) is 14.5. The van der Waals surface area contributed by atoms with Crippen LogP contribution in [-0.4, -0.2) is 34.7 Å². The van der Waals surface area contributed by atoms with E-state index in [1.54, 1.807) is 11.9 Å². The molecule has 0 aliphatic heterocycles. The number of ether oxygens (including phenoxy) is 1. The maximum Gasteiger partial charge on any atom is 0.274 e. The first-order valence-electron chi connectivity index (χ1n) is 6.38. The van der Waals surface area contributed by atoms with Crippen molar-refractivity contribution in [1.29, 1.82) is 0 Å². The molecule has 0 saturated heterocycles. The fraction of sp³-hybridized carbons (Fsp3) is 0.286. The predicted molar refractivity (Wildman–Crippen MR) is 76.4 cm³/mol. The van der Waals surface area contributed by atoms with E-state index in [4.69, 9.17) is 10.5 Å². The van der Waals surface area contributed by atoms with Crippen LogP contribution in [0, 0.1) is 0 Å².